The van der Waals surface area contributed by atoms with Gasteiger partial charge in [0.1, 0.15) is 5.75 Å². The third kappa shape index (κ3) is 2.91. The molecule has 2 aromatic rings. The lowest BCUT2D eigenvalue weighted by atomic mass is 10.1. The van der Waals surface area contributed by atoms with Crippen molar-refractivity contribution in [2.24, 2.45) is 0 Å². The SMILES string of the molecule is COc1cc2ccccc2cc1CN(C=O)C(C)CO. The van der Waals surface area contributed by atoms with Gasteiger partial charge in [-0.15, -0.1) is 0 Å². The molecule has 1 N–H and O–H groups in total. The van der Waals surface area contributed by atoms with Crippen LogP contribution in [0.4, 0.5) is 0 Å². The van der Waals surface area contributed by atoms with Gasteiger partial charge >= 0.3 is 0 Å². The maximum absolute atomic E-state index is 11.1. The summed E-state index contributed by atoms with van der Waals surface area (Å²) in [6.45, 7) is 2.16. The lowest BCUT2D eigenvalue weighted by molar-refractivity contribution is -0.121. The summed E-state index contributed by atoms with van der Waals surface area (Å²) in [6.07, 6.45) is 0.759. The van der Waals surface area contributed by atoms with Crippen molar-refractivity contribution in [2.75, 3.05) is 13.7 Å². The highest BCUT2D eigenvalue weighted by molar-refractivity contribution is 5.85. The summed E-state index contributed by atoms with van der Waals surface area (Å²) >= 11 is 0. The van der Waals surface area contributed by atoms with Gasteiger partial charge in [0.15, 0.2) is 0 Å². The van der Waals surface area contributed by atoms with Crippen molar-refractivity contribution in [1.29, 1.82) is 0 Å². The molecule has 0 heterocycles. The van der Waals surface area contributed by atoms with E-state index in [0.717, 1.165) is 28.5 Å². The van der Waals surface area contributed by atoms with Crippen LogP contribution in [0, 0.1) is 0 Å². The average molecular weight is 273 g/mol. The van der Waals surface area contributed by atoms with Crippen molar-refractivity contribution in [1.82, 2.24) is 4.90 Å². The molecule has 1 unspecified atom stereocenters. The van der Waals surface area contributed by atoms with Gasteiger partial charge in [0.25, 0.3) is 0 Å². The molecule has 0 aromatic heterocycles. The first kappa shape index (κ1) is 14.3. The molecule has 0 bridgehead atoms. The Hall–Kier alpha value is -2.07. The number of rotatable bonds is 6. The standard InChI is InChI=1S/C16H19NO3/c1-12(10-18)17(11-19)9-15-7-13-5-3-4-6-14(13)8-16(15)20-2/h3-8,11-12,18H,9-10H2,1-2H3. The number of fused-ring (bicyclic) bond motifs is 1. The third-order valence-electron chi connectivity index (χ3n) is 3.47. The molecule has 0 aliphatic carbocycles. The fourth-order valence-corrected chi connectivity index (χ4v) is 2.18. The number of carbonyl (C=O) groups is 1. The smallest absolute Gasteiger partial charge is 0.210 e. The minimum absolute atomic E-state index is 0.0609. The molecule has 0 fully saturated rings. The van der Waals surface area contributed by atoms with Crippen molar-refractivity contribution in [3.8, 4) is 5.75 Å². The lowest BCUT2D eigenvalue weighted by Crippen LogP contribution is -2.34. The second-order valence-corrected chi connectivity index (χ2v) is 4.82. The lowest BCUT2D eigenvalue weighted by Gasteiger charge is -2.24. The molecule has 106 valence electrons. The Balaban J connectivity index is 2.39. The van der Waals surface area contributed by atoms with Crippen LogP contribution in [0.2, 0.25) is 0 Å². The van der Waals surface area contributed by atoms with Gasteiger partial charge in [-0.25, -0.2) is 0 Å². The number of amides is 1. The Labute approximate surface area is 118 Å². The molecule has 2 rings (SSSR count). The molecule has 4 heteroatoms. The minimum Gasteiger partial charge on any atom is -0.496 e. The summed E-state index contributed by atoms with van der Waals surface area (Å²) in [4.78, 5) is 12.7. The summed E-state index contributed by atoms with van der Waals surface area (Å²) in [5, 5.41) is 11.4. The highest BCUT2D eigenvalue weighted by Crippen LogP contribution is 2.27. The second-order valence-electron chi connectivity index (χ2n) is 4.82. The van der Waals surface area contributed by atoms with E-state index >= 15 is 0 Å². The van der Waals surface area contributed by atoms with E-state index in [-0.39, 0.29) is 12.6 Å². The van der Waals surface area contributed by atoms with Crippen molar-refractivity contribution >= 4 is 17.2 Å². The summed E-state index contributed by atoms with van der Waals surface area (Å²) in [7, 11) is 1.62. The molecule has 2 aromatic carbocycles. The van der Waals surface area contributed by atoms with Crippen LogP contribution in [0.3, 0.4) is 0 Å². The van der Waals surface area contributed by atoms with Gasteiger partial charge in [-0.2, -0.15) is 0 Å². The second kappa shape index (κ2) is 6.39. The van der Waals surface area contributed by atoms with Crippen LogP contribution in [-0.2, 0) is 11.3 Å². The third-order valence-corrected chi connectivity index (χ3v) is 3.47. The van der Waals surface area contributed by atoms with Crippen LogP contribution in [0.15, 0.2) is 36.4 Å². The van der Waals surface area contributed by atoms with Crippen LogP contribution >= 0.6 is 0 Å². The van der Waals surface area contributed by atoms with E-state index in [1.165, 1.54) is 0 Å². The summed E-state index contributed by atoms with van der Waals surface area (Å²) in [5.74, 6) is 0.751. The predicted octanol–water partition coefficient (Wildman–Crippen LogP) is 2.19. The number of ether oxygens (including phenoxy) is 1. The molecule has 0 saturated heterocycles. The van der Waals surface area contributed by atoms with Crippen LogP contribution in [0.5, 0.6) is 5.75 Å². The first-order chi connectivity index (χ1) is 9.69. The Morgan fingerprint density at radius 3 is 2.50 bits per heavy atom. The number of carbonyl (C=O) groups excluding carboxylic acids is 1. The molecule has 0 aliphatic heterocycles. The molecule has 4 nitrogen and oxygen atoms in total. The van der Waals surface area contributed by atoms with Gasteiger partial charge in [-0.05, 0) is 29.8 Å². The molecule has 0 radical (unpaired) electrons. The van der Waals surface area contributed by atoms with E-state index in [2.05, 4.69) is 0 Å². The van der Waals surface area contributed by atoms with Gasteiger partial charge in [0.05, 0.1) is 19.8 Å². The van der Waals surface area contributed by atoms with Gasteiger partial charge in [-0.3, -0.25) is 4.79 Å². The zero-order chi connectivity index (χ0) is 14.5. The van der Waals surface area contributed by atoms with Crippen molar-refractivity contribution < 1.29 is 14.6 Å². The maximum atomic E-state index is 11.1. The highest BCUT2D eigenvalue weighted by Gasteiger charge is 2.14. The van der Waals surface area contributed by atoms with Crippen molar-refractivity contribution in [2.45, 2.75) is 19.5 Å². The van der Waals surface area contributed by atoms with Crippen molar-refractivity contribution in [3.63, 3.8) is 0 Å². The largest absolute Gasteiger partial charge is 0.496 e. The number of aliphatic hydroxyl groups excluding tert-OH is 1. The zero-order valence-corrected chi connectivity index (χ0v) is 11.7. The molecule has 1 amide bonds. The zero-order valence-electron chi connectivity index (χ0n) is 11.7. The number of benzene rings is 2. The Kier molecular flexibility index (Phi) is 4.58. The van der Waals surface area contributed by atoms with Gasteiger partial charge in [0.2, 0.25) is 6.41 Å². The predicted molar refractivity (Wildman–Crippen MR) is 78.7 cm³/mol. The summed E-state index contributed by atoms with van der Waals surface area (Å²) in [6, 6.07) is 11.8. The van der Waals surface area contributed by atoms with Crippen LogP contribution in [0.25, 0.3) is 10.8 Å². The van der Waals surface area contributed by atoms with Gasteiger partial charge in [-0.1, -0.05) is 24.3 Å². The van der Waals surface area contributed by atoms with E-state index in [1.54, 1.807) is 12.0 Å². The molecule has 0 saturated carbocycles. The van der Waals surface area contributed by atoms with Crippen molar-refractivity contribution in [3.05, 3.63) is 42.0 Å². The summed E-state index contributed by atoms with van der Waals surface area (Å²) < 4.78 is 5.41. The minimum atomic E-state index is -0.219. The Morgan fingerprint density at radius 1 is 1.30 bits per heavy atom. The van der Waals surface area contributed by atoms with E-state index in [4.69, 9.17) is 4.74 Å². The Bertz CT molecular complexity index is 597. The van der Waals surface area contributed by atoms with E-state index in [1.807, 2.05) is 43.3 Å². The molecular weight excluding hydrogens is 254 g/mol. The van der Waals surface area contributed by atoms with E-state index in [9.17, 15) is 9.90 Å². The van der Waals surface area contributed by atoms with E-state index < -0.39 is 0 Å². The van der Waals surface area contributed by atoms with Gasteiger partial charge in [0, 0.05) is 12.1 Å². The quantitative estimate of drug-likeness (QED) is 0.821. The monoisotopic (exact) mass is 273 g/mol. The first-order valence-electron chi connectivity index (χ1n) is 6.57. The normalized spacial score (nSPS) is 12.2. The first-order valence-corrected chi connectivity index (χ1v) is 6.57. The number of methoxy groups -OCH3 is 1. The topological polar surface area (TPSA) is 49.8 Å². The average Bonchev–Trinajstić information content (AvgIpc) is 2.50. The summed E-state index contributed by atoms with van der Waals surface area (Å²) in [5.41, 5.74) is 0.929. The van der Waals surface area contributed by atoms with Crippen LogP contribution < -0.4 is 4.74 Å². The molecule has 0 spiro atoms. The number of hydrogen-bond donors (Lipinski definition) is 1. The molecule has 0 aliphatic rings. The maximum Gasteiger partial charge on any atom is 0.210 e. The molecule has 1 atom stereocenters. The fourth-order valence-electron chi connectivity index (χ4n) is 2.18. The number of aliphatic hydroxyl groups is 1. The molecular formula is C16H19NO3. The van der Waals surface area contributed by atoms with Crippen LogP contribution in [-0.4, -0.2) is 36.2 Å². The number of hydrogen-bond acceptors (Lipinski definition) is 3. The van der Waals surface area contributed by atoms with Crippen LogP contribution in [0.1, 0.15) is 12.5 Å². The van der Waals surface area contributed by atoms with Gasteiger partial charge < -0.3 is 14.7 Å². The molecule has 20 heavy (non-hydrogen) atoms. The highest BCUT2D eigenvalue weighted by atomic mass is 16.5. The Morgan fingerprint density at radius 2 is 1.95 bits per heavy atom. The van der Waals surface area contributed by atoms with E-state index in [0.29, 0.717) is 6.54 Å². The number of nitrogens with zero attached hydrogens (tertiary/aromatic N) is 1. The fraction of sp³-hybridized carbons (Fsp3) is 0.312.